The molecule has 0 aliphatic carbocycles. The van der Waals surface area contributed by atoms with E-state index in [9.17, 15) is 8.42 Å². The van der Waals surface area contributed by atoms with Crippen LogP contribution in [0, 0.1) is 0 Å². The highest BCUT2D eigenvalue weighted by atomic mass is 32.3. The van der Waals surface area contributed by atoms with Crippen LogP contribution in [0.3, 0.4) is 0 Å². The van der Waals surface area contributed by atoms with Crippen molar-refractivity contribution in [2.24, 2.45) is 0 Å². The fourth-order valence-corrected chi connectivity index (χ4v) is 1.45. The molecule has 9 heavy (non-hydrogen) atoms. The molecule has 0 heterocycles. The summed E-state index contributed by atoms with van der Waals surface area (Å²) in [5, 5.41) is 0. The highest BCUT2D eigenvalue weighted by Gasteiger charge is 2.06. The van der Waals surface area contributed by atoms with E-state index in [0.29, 0.717) is 12.2 Å². The summed E-state index contributed by atoms with van der Waals surface area (Å²) in [4.78, 5) is 0. The standard InChI is InChI=1S/C3H8O3S3/c4-9(5,6-8)3-1-2-7/h7-8H,1-3H2. The summed E-state index contributed by atoms with van der Waals surface area (Å²) in [6, 6.07) is 0. The molecule has 0 radical (unpaired) electrons. The molecule has 0 saturated carbocycles. The molecular weight excluding hydrogens is 180 g/mol. The molecule has 0 aromatic heterocycles. The Kier molecular flexibility index (Phi) is 4.73. The second-order valence-corrected chi connectivity index (χ2v) is 3.98. The monoisotopic (exact) mass is 188 g/mol. The van der Waals surface area contributed by atoms with Crippen molar-refractivity contribution in [3.8, 4) is 0 Å². The Morgan fingerprint density at radius 2 is 2.00 bits per heavy atom. The van der Waals surface area contributed by atoms with Crippen molar-refractivity contribution in [2.45, 2.75) is 6.42 Å². The number of hydrogen-bond donors (Lipinski definition) is 2. The fraction of sp³-hybridized carbons (Fsp3) is 1.00. The lowest BCUT2D eigenvalue weighted by atomic mass is 10.6. The highest BCUT2D eigenvalue weighted by molar-refractivity contribution is 7.95. The zero-order valence-electron chi connectivity index (χ0n) is 4.65. The Labute approximate surface area is 65.9 Å². The maximum absolute atomic E-state index is 10.4. The average Bonchev–Trinajstić information content (AvgIpc) is 1.84. The first-order valence-corrected chi connectivity index (χ1v) is 4.86. The van der Waals surface area contributed by atoms with Gasteiger partial charge in [0, 0.05) is 0 Å². The van der Waals surface area contributed by atoms with Crippen molar-refractivity contribution in [1.29, 1.82) is 0 Å². The van der Waals surface area contributed by atoms with E-state index < -0.39 is 10.1 Å². The first kappa shape index (κ1) is 9.61. The van der Waals surface area contributed by atoms with Crippen LogP contribution in [0.15, 0.2) is 0 Å². The van der Waals surface area contributed by atoms with Crippen molar-refractivity contribution in [3.63, 3.8) is 0 Å². The predicted molar refractivity (Wildman–Crippen MR) is 42.3 cm³/mol. The molecule has 0 N–H and O–H groups in total. The number of rotatable bonds is 4. The van der Waals surface area contributed by atoms with Crippen molar-refractivity contribution in [2.75, 3.05) is 11.5 Å². The summed E-state index contributed by atoms with van der Waals surface area (Å²) in [5.74, 6) is 0.524. The van der Waals surface area contributed by atoms with Crippen LogP contribution in [0.1, 0.15) is 6.42 Å². The van der Waals surface area contributed by atoms with E-state index in [1.165, 1.54) is 0 Å². The molecule has 56 valence electrons. The zero-order chi connectivity index (χ0) is 7.33. The first-order chi connectivity index (χ1) is 4.12. The Morgan fingerprint density at radius 1 is 1.44 bits per heavy atom. The highest BCUT2D eigenvalue weighted by Crippen LogP contribution is 1.98. The van der Waals surface area contributed by atoms with Gasteiger partial charge in [0.2, 0.25) is 0 Å². The fourth-order valence-electron chi connectivity index (χ4n) is 0.279. The van der Waals surface area contributed by atoms with Gasteiger partial charge in [-0.3, -0.25) is 0 Å². The van der Waals surface area contributed by atoms with E-state index >= 15 is 0 Å². The van der Waals surface area contributed by atoms with Crippen LogP contribution >= 0.6 is 25.5 Å². The third-order valence-electron chi connectivity index (χ3n) is 0.666. The predicted octanol–water partition coefficient (Wildman–Crippen LogP) is 0.498. The molecule has 0 saturated heterocycles. The van der Waals surface area contributed by atoms with E-state index in [1.807, 2.05) is 0 Å². The van der Waals surface area contributed by atoms with Gasteiger partial charge in [0.05, 0.1) is 5.75 Å². The maximum Gasteiger partial charge on any atom is 0.277 e. The van der Waals surface area contributed by atoms with Gasteiger partial charge >= 0.3 is 0 Å². The second-order valence-electron chi connectivity index (χ2n) is 1.41. The summed E-state index contributed by atoms with van der Waals surface area (Å²) in [5.41, 5.74) is 0. The molecule has 0 fully saturated rings. The van der Waals surface area contributed by atoms with Gasteiger partial charge in [-0.05, 0) is 25.1 Å². The Hall–Kier alpha value is 0.610. The van der Waals surface area contributed by atoms with Gasteiger partial charge in [0.15, 0.2) is 0 Å². The van der Waals surface area contributed by atoms with Crippen molar-refractivity contribution in [3.05, 3.63) is 0 Å². The smallest absolute Gasteiger partial charge is 0.201 e. The van der Waals surface area contributed by atoms with E-state index in [4.69, 9.17) is 0 Å². The van der Waals surface area contributed by atoms with Crippen molar-refractivity contribution < 1.29 is 12.0 Å². The molecule has 0 rings (SSSR count). The molecule has 0 aliphatic heterocycles. The summed E-state index contributed by atoms with van der Waals surface area (Å²) < 4.78 is 24.7. The minimum absolute atomic E-state index is 0.0139. The number of thiol groups is 2. The van der Waals surface area contributed by atoms with Gasteiger partial charge in [0.25, 0.3) is 10.1 Å². The third-order valence-corrected chi connectivity index (χ3v) is 2.68. The molecule has 0 spiro atoms. The maximum atomic E-state index is 10.4. The van der Waals surface area contributed by atoms with Gasteiger partial charge in [0.1, 0.15) is 0 Å². The summed E-state index contributed by atoms with van der Waals surface area (Å²) >= 11 is 6.99. The van der Waals surface area contributed by atoms with Gasteiger partial charge in [-0.25, -0.2) is 3.63 Å². The van der Waals surface area contributed by atoms with E-state index in [1.54, 1.807) is 0 Å². The van der Waals surface area contributed by atoms with Crippen LogP contribution in [-0.2, 0) is 13.7 Å². The van der Waals surface area contributed by atoms with Crippen LogP contribution in [0.2, 0.25) is 0 Å². The summed E-state index contributed by atoms with van der Waals surface area (Å²) in [7, 11) is -3.37. The van der Waals surface area contributed by atoms with Crippen LogP contribution in [-0.4, -0.2) is 19.9 Å². The van der Waals surface area contributed by atoms with Crippen LogP contribution in [0.5, 0.6) is 0 Å². The van der Waals surface area contributed by atoms with Gasteiger partial charge in [-0.2, -0.15) is 21.0 Å². The largest absolute Gasteiger partial charge is 0.277 e. The molecule has 0 amide bonds. The molecule has 0 bridgehead atoms. The van der Waals surface area contributed by atoms with Crippen LogP contribution in [0.25, 0.3) is 0 Å². The van der Waals surface area contributed by atoms with Crippen LogP contribution < -0.4 is 0 Å². The minimum atomic E-state index is -3.37. The average molecular weight is 188 g/mol. The molecule has 3 nitrogen and oxygen atoms in total. The van der Waals surface area contributed by atoms with Crippen LogP contribution in [0.4, 0.5) is 0 Å². The summed E-state index contributed by atoms with van der Waals surface area (Å²) in [6.07, 6.45) is 0.492. The SMILES string of the molecule is O=S(=O)(CCCS)OS. The Balaban J connectivity index is 3.61. The topological polar surface area (TPSA) is 43.4 Å². The molecule has 0 aliphatic rings. The lowest BCUT2D eigenvalue weighted by Crippen LogP contribution is -2.05. The van der Waals surface area contributed by atoms with E-state index in [-0.39, 0.29) is 5.75 Å². The van der Waals surface area contributed by atoms with Gasteiger partial charge < -0.3 is 0 Å². The molecule has 6 heteroatoms. The van der Waals surface area contributed by atoms with Gasteiger partial charge in [-0.15, -0.1) is 0 Å². The normalized spacial score (nSPS) is 11.8. The first-order valence-electron chi connectivity index (χ1n) is 2.29. The van der Waals surface area contributed by atoms with Gasteiger partial charge in [-0.1, -0.05) is 0 Å². The lowest BCUT2D eigenvalue weighted by Gasteiger charge is -1.95. The second kappa shape index (κ2) is 4.43. The Bertz CT molecular complexity index is 150. The van der Waals surface area contributed by atoms with Crippen molar-refractivity contribution >= 4 is 35.7 Å². The number of hydrogen-bond acceptors (Lipinski definition) is 5. The molecular formula is C3H8O3S3. The van der Waals surface area contributed by atoms with E-state index in [2.05, 4.69) is 29.2 Å². The quantitative estimate of drug-likeness (QED) is 0.499. The molecule has 0 atom stereocenters. The van der Waals surface area contributed by atoms with E-state index in [0.717, 1.165) is 0 Å². The lowest BCUT2D eigenvalue weighted by molar-refractivity contribution is 0.520. The molecule has 0 aromatic carbocycles. The van der Waals surface area contributed by atoms with Crippen molar-refractivity contribution in [1.82, 2.24) is 0 Å². The summed E-state index contributed by atoms with van der Waals surface area (Å²) in [6.45, 7) is 0. The zero-order valence-corrected chi connectivity index (χ0v) is 7.25. The molecule has 0 aromatic rings. The minimum Gasteiger partial charge on any atom is -0.201 e. The third kappa shape index (κ3) is 5.07. The Morgan fingerprint density at radius 3 is 2.33 bits per heavy atom. The molecule has 0 unspecified atom stereocenters.